The molecule has 1 aliphatic heterocycles. The molecule has 3 nitrogen and oxygen atoms in total. The van der Waals surface area contributed by atoms with Crippen LogP contribution in [0.3, 0.4) is 0 Å². The third kappa shape index (κ3) is 2.25. The molecule has 0 bridgehead atoms. The lowest BCUT2D eigenvalue weighted by Gasteiger charge is -2.14. The summed E-state index contributed by atoms with van der Waals surface area (Å²) in [5, 5.41) is 3.59. The van der Waals surface area contributed by atoms with Gasteiger partial charge in [-0.15, -0.1) is 0 Å². The van der Waals surface area contributed by atoms with Crippen molar-refractivity contribution >= 4 is 0 Å². The summed E-state index contributed by atoms with van der Waals surface area (Å²) in [5.41, 5.74) is 1.27. The first-order chi connectivity index (χ1) is 8.24. The van der Waals surface area contributed by atoms with E-state index in [0.29, 0.717) is 12.8 Å². The Bertz CT molecular complexity index is 419. The molecule has 17 heavy (non-hydrogen) atoms. The van der Waals surface area contributed by atoms with Crippen LogP contribution in [0.4, 0.5) is 0 Å². The molecule has 3 rings (SSSR count). The van der Waals surface area contributed by atoms with E-state index in [2.05, 4.69) is 31.3 Å². The van der Waals surface area contributed by atoms with E-state index in [9.17, 15) is 0 Å². The molecule has 0 saturated heterocycles. The number of benzene rings is 1. The Kier molecular flexibility index (Phi) is 2.71. The van der Waals surface area contributed by atoms with Crippen LogP contribution in [0.2, 0.25) is 0 Å². The van der Waals surface area contributed by atoms with Crippen molar-refractivity contribution in [1.82, 2.24) is 5.32 Å². The summed E-state index contributed by atoms with van der Waals surface area (Å²) in [6, 6.07) is 6.56. The van der Waals surface area contributed by atoms with E-state index in [1.54, 1.807) is 0 Å². The summed E-state index contributed by atoms with van der Waals surface area (Å²) in [4.78, 5) is 0. The first-order valence-electron chi connectivity index (χ1n) is 6.37. The topological polar surface area (TPSA) is 30.5 Å². The second-order valence-electron chi connectivity index (χ2n) is 5.22. The summed E-state index contributed by atoms with van der Waals surface area (Å²) < 4.78 is 10.7. The van der Waals surface area contributed by atoms with Crippen molar-refractivity contribution in [3.05, 3.63) is 23.8 Å². The number of rotatable bonds is 4. The van der Waals surface area contributed by atoms with Gasteiger partial charge < -0.3 is 14.8 Å². The summed E-state index contributed by atoms with van der Waals surface area (Å²) in [5.74, 6) is 3.52. The van der Waals surface area contributed by atoms with Crippen molar-refractivity contribution in [2.75, 3.05) is 13.3 Å². The van der Waals surface area contributed by atoms with Crippen LogP contribution in [0.5, 0.6) is 11.5 Å². The van der Waals surface area contributed by atoms with E-state index < -0.39 is 0 Å². The van der Waals surface area contributed by atoms with Gasteiger partial charge in [-0.2, -0.15) is 0 Å². The zero-order chi connectivity index (χ0) is 11.8. The highest BCUT2D eigenvalue weighted by molar-refractivity contribution is 5.45. The predicted octanol–water partition coefficient (Wildman–Crippen LogP) is 2.72. The van der Waals surface area contributed by atoms with Crippen molar-refractivity contribution in [2.45, 2.75) is 26.3 Å². The average Bonchev–Trinajstić information content (AvgIpc) is 2.86. The van der Waals surface area contributed by atoms with Crippen molar-refractivity contribution in [2.24, 2.45) is 11.8 Å². The molecule has 1 N–H and O–H groups in total. The Morgan fingerprint density at radius 2 is 2.12 bits per heavy atom. The van der Waals surface area contributed by atoms with E-state index in [1.165, 1.54) is 12.0 Å². The Morgan fingerprint density at radius 3 is 2.88 bits per heavy atom. The van der Waals surface area contributed by atoms with Gasteiger partial charge in [0.05, 0.1) is 0 Å². The van der Waals surface area contributed by atoms with Crippen LogP contribution in [0, 0.1) is 11.8 Å². The molecule has 0 amide bonds. The zero-order valence-electron chi connectivity index (χ0n) is 10.4. The molecule has 92 valence electrons. The lowest BCUT2D eigenvalue weighted by Crippen LogP contribution is -2.21. The van der Waals surface area contributed by atoms with Gasteiger partial charge in [0.15, 0.2) is 11.5 Å². The molecule has 0 spiro atoms. The molecular formula is C14H19NO2. The quantitative estimate of drug-likeness (QED) is 0.867. The molecule has 1 aromatic rings. The minimum absolute atomic E-state index is 0.347. The highest BCUT2D eigenvalue weighted by Crippen LogP contribution is 2.38. The molecule has 1 aromatic carbocycles. The predicted molar refractivity (Wildman–Crippen MR) is 66.3 cm³/mol. The maximum absolute atomic E-state index is 5.39. The third-order valence-corrected chi connectivity index (χ3v) is 3.86. The van der Waals surface area contributed by atoms with Gasteiger partial charge in [0.25, 0.3) is 0 Å². The molecule has 1 saturated carbocycles. The molecule has 3 unspecified atom stereocenters. The Hall–Kier alpha value is -1.22. The summed E-state index contributed by atoms with van der Waals surface area (Å²) in [7, 11) is 0. The van der Waals surface area contributed by atoms with Gasteiger partial charge in [0.2, 0.25) is 6.79 Å². The van der Waals surface area contributed by atoms with Gasteiger partial charge in [-0.05, 0) is 49.4 Å². The SMILES string of the molecule is CC(NCC1CC1C)c1ccc2c(c1)OCO2. The normalized spacial score (nSPS) is 26.9. The zero-order valence-corrected chi connectivity index (χ0v) is 10.4. The smallest absolute Gasteiger partial charge is 0.231 e. The first-order valence-corrected chi connectivity index (χ1v) is 6.37. The van der Waals surface area contributed by atoms with Crippen LogP contribution in [0.15, 0.2) is 18.2 Å². The molecule has 0 radical (unpaired) electrons. The van der Waals surface area contributed by atoms with E-state index >= 15 is 0 Å². The molecule has 2 aliphatic rings. The van der Waals surface area contributed by atoms with Gasteiger partial charge in [-0.3, -0.25) is 0 Å². The number of hydrogen-bond acceptors (Lipinski definition) is 3. The highest BCUT2D eigenvalue weighted by atomic mass is 16.7. The fourth-order valence-corrected chi connectivity index (χ4v) is 2.31. The number of ether oxygens (including phenoxy) is 2. The molecule has 3 atom stereocenters. The van der Waals surface area contributed by atoms with Crippen LogP contribution in [0.25, 0.3) is 0 Å². The minimum atomic E-state index is 0.347. The maximum atomic E-state index is 5.39. The van der Waals surface area contributed by atoms with Crippen LogP contribution in [-0.4, -0.2) is 13.3 Å². The Balaban J connectivity index is 1.62. The fourth-order valence-electron chi connectivity index (χ4n) is 2.31. The van der Waals surface area contributed by atoms with E-state index in [1.807, 2.05) is 6.07 Å². The number of fused-ring (bicyclic) bond motifs is 1. The van der Waals surface area contributed by atoms with Crippen molar-refractivity contribution in [3.8, 4) is 11.5 Å². The average molecular weight is 233 g/mol. The summed E-state index contributed by atoms with van der Waals surface area (Å²) in [6.45, 7) is 5.99. The molecule has 1 aliphatic carbocycles. The number of hydrogen-bond donors (Lipinski definition) is 1. The monoisotopic (exact) mass is 233 g/mol. The molecule has 1 fully saturated rings. The molecule has 0 aromatic heterocycles. The molecule has 3 heteroatoms. The Labute approximate surface area is 102 Å². The van der Waals surface area contributed by atoms with Crippen LogP contribution in [0.1, 0.15) is 31.9 Å². The van der Waals surface area contributed by atoms with Crippen molar-refractivity contribution < 1.29 is 9.47 Å². The lowest BCUT2D eigenvalue weighted by atomic mass is 10.1. The minimum Gasteiger partial charge on any atom is -0.454 e. The fraction of sp³-hybridized carbons (Fsp3) is 0.571. The van der Waals surface area contributed by atoms with Crippen molar-refractivity contribution in [3.63, 3.8) is 0 Å². The van der Waals surface area contributed by atoms with Crippen LogP contribution < -0.4 is 14.8 Å². The van der Waals surface area contributed by atoms with Gasteiger partial charge >= 0.3 is 0 Å². The van der Waals surface area contributed by atoms with Crippen LogP contribution in [-0.2, 0) is 0 Å². The standard InChI is InChI=1S/C14H19NO2/c1-9-5-12(9)7-15-10(2)11-3-4-13-14(6-11)17-8-16-13/h3-4,6,9-10,12,15H,5,7-8H2,1-2H3. The first kappa shape index (κ1) is 10.9. The number of nitrogens with one attached hydrogen (secondary N) is 1. The van der Waals surface area contributed by atoms with Gasteiger partial charge in [-0.1, -0.05) is 13.0 Å². The second-order valence-corrected chi connectivity index (χ2v) is 5.22. The Morgan fingerprint density at radius 1 is 1.35 bits per heavy atom. The third-order valence-electron chi connectivity index (χ3n) is 3.86. The van der Waals surface area contributed by atoms with E-state index in [0.717, 1.165) is 29.9 Å². The van der Waals surface area contributed by atoms with Gasteiger partial charge in [-0.25, -0.2) is 0 Å². The second kappa shape index (κ2) is 4.22. The van der Waals surface area contributed by atoms with E-state index in [4.69, 9.17) is 9.47 Å². The van der Waals surface area contributed by atoms with Gasteiger partial charge in [0, 0.05) is 6.04 Å². The largest absolute Gasteiger partial charge is 0.454 e. The molecular weight excluding hydrogens is 214 g/mol. The summed E-state index contributed by atoms with van der Waals surface area (Å²) >= 11 is 0. The van der Waals surface area contributed by atoms with Gasteiger partial charge in [0.1, 0.15) is 0 Å². The molecule has 1 heterocycles. The van der Waals surface area contributed by atoms with Crippen molar-refractivity contribution in [1.29, 1.82) is 0 Å². The lowest BCUT2D eigenvalue weighted by molar-refractivity contribution is 0.174. The van der Waals surface area contributed by atoms with E-state index in [-0.39, 0.29) is 0 Å². The maximum Gasteiger partial charge on any atom is 0.231 e. The highest BCUT2D eigenvalue weighted by Gasteiger charge is 2.32. The summed E-state index contributed by atoms with van der Waals surface area (Å²) in [6.07, 6.45) is 1.38. The van der Waals surface area contributed by atoms with Crippen LogP contribution >= 0.6 is 0 Å².